The largest absolute Gasteiger partial charge is 0.324 e. The summed E-state index contributed by atoms with van der Waals surface area (Å²) in [5.74, 6) is 0.551. The van der Waals surface area contributed by atoms with Crippen LogP contribution in [0.25, 0.3) is 5.69 Å². The normalized spacial score (nSPS) is 10.5. The van der Waals surface area contributed by atoms with E-state index in [1.54, 1.807) is 0 Å². The van der Waals surface area contributed by atoms with Gasteiger partial charge in [-0.25, -0.2) is 0 Å². The quantitative estimate of drug-likeness (QED) is 0.796. The minimum absolute atomic E-state index is 0.313. The summed E-state index contributed by atoms with van der Waals surface area (Å²) < 4.78 is 0. The maximum absolute atomic E-state index is 5.41. The molecule has 0 bridgehead atoms. The molecule has 0 saturated carbocycles. The molecule has 0 saturated heterocycles. The van der Waals surface area contributed by atoms with Gasteiger partial charge in [0.25, 0.3) is 0 Å². The molecule has 0 radical (unpaired) electrons. The van der Waals surface area contributed by atoms with Crippen LogP contribution in [0.1, 0.15) is 18.3 Å². The highest BCUT2D eigenvalue weighted by Gasteiger charge is 2.02. The van der Waals surface area contributed by atoms with Gasteiger partial charge in [0.15, 0.2) is 5.82 Å². The van der Waals surface area contributed by atoms with Gasteiger partial charge in [0.2, 0.25) is 0 Å². The Morgan fingerprint density at radius 2 is 2.00 bits per heavy atom. The summed E-state index contributed by atoms with van der Waals surface area (Å²) in [6, 6.07) is 8.06. The highest BCUT2D eigenvalue weighted by atomic mass is 15.6. The van der Waals surface area contributed by atoms with Gasteiger partial charge >= 0.3 is 0 Å². The van der Waals surface area contributed by atoms with E-state index < -0.39 is 0 Å². The van der Waals surface area contributed by atoms with E-state index >= 15 is 0 Å². The van der Waals surface area contributed by atoms with Gasteiger partial charge in [0, 0.05) is 0 Å². The van der Waals surface area contributed by atoms with Crippen molar-refractivity contribution in [3.63, 3.8) is 0 Å². The summed E-state index contributed by atoms with van der Waals surface area (Å²) >= 11 is 0. The Morgan fingerprint density at radius 3 is 2.53 bits per heavy atom. The summed E-state index contributed by atoms with van der Waals surface area (Å²) in [4.78, 5) is 1.49. The Balaban J connectivity index is 2.28. The lowest BCUT2D eigenvalue weighted by molar-refractivity contribution is 0.717. The van der Waals surface area contributed by atoms with Gasteiger partial charge in [-0.1, -0.05) is 19.1 Å². The second-order valence-electron chi connectivity index (χ2n) is 3.22. The highest BCUT2D eigenvalue weighted by molar-refractivity contribution is 5.32. The second-order valence-corrected chi connectivity index (χ2v) is 3.22. The molecule has 1 aromatic carbocycles. The minimum atomic E-state index is 0.313. The molecule has 1 heterocycles. The zero-order valence-corrected chi connectivity index (χ0v) is 8.59. The van der Waals surface area contributed by atoms with Crippen LogP contribution in [0, 0.1) is 0 Å². The van der Waals surface area contributed by atoms with Crippen molar-refractivity contribution in [2.75, 3.05) is 0 Å². The van der Waals surface area contributed by atoms with Crippen molar-refractivity contribution >= 4 is 0 Å². The zero-order chi connectivity index (χ0) is 10.7. The summed E-state index contributed by atoms with van der Waals surface area (Å²) in [7, 11) is 0. The molecule has 15 heavy (non-hydrogen) atoms. The summed E-state index contributed by atoms with van der Waals surface area (Å²) in [5.41, 5.74) is 7.60. The minimum Gasteiger partial charge on any atom is -0.324 e. The molecule has 0 atom stereocenters. The first kappa shape index (κ1) is 9.79. The fourth-order valence-electron chi connectivity index (χ4n) is 1.30. The highest BCUT2D eigenvalue weighted by Crippen LogP contribution is 2.07. The summed E-state index contributed by atoms with van der Waals surface area (Å²) in [5, 5.41) is 11.8. The molecule has 2 N–H and O–H groups in total. The second kappa shape index (κ2) is 4.18. The Bertz CT molecular complexity index is 431. The standard InChI is InChI=1S/C10H13N5/c1-2-8-3-5-9(6-4-8)15-13-10(7-11)12-14-15/h3-6H,2,7,11H2,1H3. The van der Waals surface area contributed by atoms with Crippen LogP contribution in [0.15, 0.2) is 24.3 Å². The molecule has 0 spiro atoms. The predicted molar refractivity (Wildman–Crippen MR) is 56.4 cm³/mol. The SMILES string of the molecule is CCc1ccc(-n2nnc(CN)n2)cc1. The monoisotopic (exact) mass is 203 g/mol. The van der Waals surface area contributed by atoms with Gasteiger partial charge in [0.1, 0.15) is 0 Å². The number of nitrogens with two attached hydrogens (primary N) is 1. The fraction of sp³-hybridized carbons (Fsp3) is 0.300. The zero-order valence-electron chi connectivity index (χ0n) is 8.59. The molecule has 1 aromatic heterocycles. The number of rotatable bonds is 3. The van der Waals surface area contributed by atoms with Gasteiger partial charge in [0.05, 0.1) is 12.2 Å². The molecule has 0 aliphatic carbocycles. The van der Waals surface area contributed by atoms with Gasteiger partial charge < -0.3 is 5.73 Å². The molecule has 78 valence electrons. The predicted octanol–water partition coefficient (Wildman–Crippen LogP) is 0.683. The van der Waals surface area contributed by atoms with E-state index in [1.165, 1.54) is 10.4 Å². The average molecular weight is 203 g/mol. The first-order valence-corrected chi connectivity index (χ1v) is 4.91. The lowest BCUT2D eigenvalue weighted by atomic mass is 10.2. The van der Waals surface area contributed by atoms with E-state index in [1.807, 2.05) is 12.1 Å². The smallest absolute Gasteiger partial charge is 0.188 e. The molecule has 2 rings (SSSR count). The molecule has 2 aromatic rings. The van der Waals surface area contributed by atoms with Gasteiger partial charge in [-0.05, 0) is 29.3 Å². The van der Waals surface area contributed by atoms with Crippen LogP contribution in [0.2, 0.25) is 0 Å². The van der Waals surface area contributed by atoms with E-state index in [2.05, 4.69) is 34.5 Å². The number of nitrogens with zero attached hydrogens (tertiary/aromatic N) is 4. The molecule has 0 aliphatic heterocycles. The van der Waals surface area contributed by atoms with E-state index in [0.717, 1.165) is 12.1 Å². The van der Waals surface area contributed by atoms with Crippen molar-refractivity contribution in [2.24, 2.45) is 5.73 Å². The Kier molecular flexibility index (Phi) is 2.73. The van der Waals surface area contributed by atoms with Crippen molar-refractivity contribution in [2.45, 2.75) is 19.9 Å². The summed E-state index contributed by atoms with van der Waals surface area (Å²) in [6.07, 6.45) is 1.03. The van der Waals surface area contributed by atoms with Crippen molar-refractivity contribution < 1.29 is 0 Å². The topological polar surface area (TPSA) is 69.6 Å². The number of tetrazole rings is 1. The number of aromatic nitrogens is 4. The maximum Gasteiger partial charge on any atom is 0.188 e. The number of benzene rings is 1. The number of hydrogen-bond donors (Lipinski definition) is 1. The fourth-order valence-corrected chi connectivity index (χ4v) is 1.30. The number of aryl methyl sites for hydroxylation is 1. The maximum atomic E-state index is 5.41. The molecule has 5 heteroatoms. The molecule has 0 aliphatic rings. The van der Waals surface area contributed by atoms with E-state index in [0.29, 0.717) is 12.4 Å². The Hall–Kier alpha value is -1.75. The van der Waals surface area contributed by atoms with Crippen molar-refractivity contribution in [1.29, 1.82) is 0 Å². The Morgan fingerprint density at radius 1 is 1.27 bits per heavy atom. The third kappa shape index (κ3) is 2.02. The van der Waals surface area contributed by atoms with Crippen LogP contribution in [0.5, 0.6) is 0 Å². The van der Waals surface area contributed by atoms with Crippen LogP contribution in [-0.4, -0.2) is 20.2 Å². The molecule has 5 nitrogen and oxygen atoms in total. The van der Waals surface area contributed by atoms with Gasteiger partial charge in [-0.3, -0.25) is 0 Å². The van der Waals surface area contributed by atoms with Crippen molar-refractivity contribution in [3.8, 4) is 5.69 Å². The molecule has 0 fully saturated rings. The lowest BCUT2D eigenvalue weighted by Crippen LogP contribution is -2.01. The van der Waals surface area contributed by atoms with Crippen LogP contribution >= 0.6 is 0 Å². The Labute approximate surface area is 87.9 Å². The molecule has 0 amide bonds. The first-order chi connectivity index (χ1) is 7.33. The third-order valence-corrected chi connectivity index (χ3v) is 2.21. The molecular weight excluding hydrogens is 190 g/mol. The van der Waals surface area contributed by atoms with E-state index in [9.17, 15) is 0 Å². The van der Waals surface area contributed by atoms with Crippen LogP contribution in [0.4, 0.5) is 0 Å². The third-order valence-electron chi connectivity index (χ3n) is 2.21. The van der Waals surface area contributed by atoms with Gasteiger partial charge in [-0.2, -0.15) is 0 Å². The van der Waals surface area contributed by atoms with E-state index in [-0.39, 0.29) is 0 Å². The van der Waals surface area contributed by atoms with E-state index in [4.69, 9.17) is 5.73 Å². The van der Waals surface area contributed by atoms with Crippen molar-refractivity contribution in [3.05, 3.63) is 35.7 Å². The van der Waals surface area contributed by atoms with Crippen LogP contribution in [0.3, 0.4) is 0 Å². The summed E-state index contributed by atoms with van der Waals surface area (Å²) in [6.45, 7) is 2.43. The lowest BCUT2D eigenvalue weighted by Gasteiger charge is -1.99. The first-order valence-electron chi connectivity index (χ1n) is 4.91. The van der Waals surface area contributed by atoms with Crippen molar-refractivity contribution in [1.82, 2.24) is 20.2 Å². The number of hydrogen-bond acceptors (Lipinski definition) is 4. The van der Waals surface area contributed by atoms with Gasteiger partial charge in [-0.15, -0.1) is 15.0 Å². The van der Waals surface area contributed by atoms with Crippen LogP contribution < -0.4 is 5.73 Å². The average Bonchev–Trinajstić information content (AvgIpc) is 2.78. The molecule has 0 unspecified atom stereocenters. The molecular formula is C10H13N5. The van der Waals surface area contributed by atoms with Crippen LogP contribution in [-0.2, 0) is 13.0 Å².